The van der Waals surface area contributed by atoms with Crippen molar-refractivity contribution in [3.63, 3.8) is 0 Å². The zero-order valence-corrected chi connectivity index (χ0v) is 6.77. The second kappa shape index (κ2) is 4.54. The summed E-state index contributed by atoms with van der Waals surface area (Å²) in [6, 6.07) is 0. The molecule has 0 amide bonds. The van der Waals surface area contributed by atoms with E-state index in [0.29, 0.717) is 0 Å². The average Bonchev–Trinajstić information content (AvgIpc) is 1.95. The van der Waals surface area contributed by atoms with Crippen molar-refractivity contribution in [1.82, 2.24) is 0 Å². The summed E-state index contributed by atoms with van der Waals surface area (Å²) in [6.45, 7) is -2.54. The smallest absolute Gasteiger partial charge is 0.455 e. The van der Waals surface area contributed by atoms with Gasteiger partial charge in [0.1, 0.15) is 6.61 Å². The SMILES string of the molecule is O=C(O)CCOCC(F)(F)C(F)(F)F. The van der Waals surface area contributed by atoms with E-state index >= 15 is 0 Å². The molecular formula is C6H7F5O3. The summed E-state index contributed by atoms with van der Waals surface area (Å²) in [5, 5.41) is 8.01. The summed E-state index contributed by atoms with van der Waals surface area (Å²) >= 11 is 0. The second-order valence-corrected chi connectivity index (χ2v) is 2.40. The zero-order chi connectivity index (χ0) is 11.4. The Labute approximate surface area is 75.5 Å². The van der Waals surface area contributed by atoms with Crippen LogP contribution in [-0.4, -0.2) is 36.4 Å². The summed E-state index contributed by atoms with van der Waals surface area (Å²) in [4.78, 5) is 9.83. The predicted octanol–water partition coefficient (Wildman–Crippen LogP) is 1.68. The molecule has 0 saturated carbocycles. The summed E-state index contributed by atoms with van der Waals surface area (Å²) in [5.41, 5.74) is 0. The van der Waals surface area contributed by atoms with E-state index in [1.54, 1.807) is 0 Å². The lowest BCUT2D eigenvalue weighted by atomic mass is 10.3. The van der Waals surface area contributed by atoms with Crippen LogP contribution in [0.4, 0.5) is 22.0 Å². The third-order valence-corrected chi connectivity index (χ3v) is 1.16. The number of carbonyl (C=O) groups is 1. The number of hydrogen-bond acceptors (Lipinski definition) is 2. The normalized spacial score (nSPS) is 12.9. The Morgan fingerprint density at radius 1 is 1.21 bits per heavy atom. The minimum atomic E-state index is -5.67. The van der Waals surface area contributed by atoms with Gasteiger partial charge < -0.3 is 9.84 Å². The number of hydrogen-bond donors (Lipinski definition) is 1. The maximum Gasteiger partial charge on any atom is 0.455 e. The highest BCUT2D eigenvalue weighted by Gasteiger charge is 2.57. The molecule has 0 saturated heterocycles. The second-order valence-electron chi connectivity index (χ2n) is 2.40. The van der Waals surface area contributed by atoms with Crippen LogP contribution in [0.1, 0.15) is 6.42 Å². The van der Waals surface area contributed by atoms with Crippen LogP contribution in [0.15, 0.2) is 0 Å². The number of halogens is 5. The Hall–Kier alpha value is -0.920. The van der Waals surface area contributed by atoms with Gasteiger partial charge in [-0.1, -0.05) is 0 Å². The lowest BCUT2D eigenvalue weighted by molar-refractivity contribution is -0.296. The van der Waals surface area contributed by atoms with Crippen molar-refractivity contribution in [2.45, 2.75) is 18.5 Å². The molecule has 0 aliphatic rings. The summed E-state index contributed by atoms with van der Waals surface area (Å²) < 4.78 is 62.4. The molecule has 3 nitrogen and oxygen atoms in total. The Kier molecular flexibility index (Phi) is 4.24. The molecule has 1 N–H and O–H groups in total. The van der Waals surface area contributed by atoms with Gasteiger partial charge in [-0.15, -0.1) is 0 Å². The van der Waals surface area contributed by atoms with Crippen LogP contribution >= 0.6 is 0 Å². The number of aliphatic carboxylic acids is 1. The lowest BCUT2D eigenvalue weighted by Crippen LogP contribution is -2.40. The van der Waals surface area contributed by atoms with Crippen molar-refractivity contribution < 1.29 is 36.6 Å². The van der Waals surface area contributed by atoms with E-state index in [2.05, 4.69) is 4.74 Å². The number of ether oxygens (including phenoxy) is 1. The third kappa shape index (κ3) is 4.35. The Morgan fingerprint density at radius 2 is 1.71 bits per heavy atom. The van der Waals surface area contributed by atoms with E-state index in [9.17, 15) is 26.7 Å². The zero-order valence-electron chi connectivity index (χ0n) is 6.77. The van der Waals surface area contributed by atoms with Crippen molar-refractivity contribution in [3.8, 4) is 0 Å². The molecule has 0 fully saturated rings. The Bertz CT molecular complexity index is 200. The highest BCUT2D eigenvalue weighted by molar-refractivity contribution is 5.66. The van der Waals surface area contributed by atoms with Gasteiger partial charge in [0.25, 0.3) is 0 Å². The molecule has 0 atom stereocenters. The van der Waals surface area contributed by atoms with Crippen molar-refractivity contribution in [3.05, 3.63) is 0 Å². The van der Waals surface area contributed by atoms with Gasteiger partial charge in [-0.2, -0.15) is 22.0 Å². The van der Waals surface area contributed by atoms with Gasteiger partial charge in [-0.25, -0.2) is 0 Å². The first-order chi connectivity index (χ1) is 6.17. The van der Waals surface area contributed by atoms with Crippen LogP contribution in [0, 0.1) is 0 Å². The molecule has 0 aromatic rings. The fourth-order valence-electron chi connectivity index (χ4n) is 0.442. The van der Waals surface area contributed by atoms with Gasteiger partial charge in [-0.05, 0) is 0 Å². The van der Waals surface area contributed by atoms with Crippen molar-refractivity contribution in [2.75, 3.05) is 13.2 Å². The minimum Gasteiger partial charge on any atom is -0.481 e. The van der Waals surface area contributed by atoms with Gasteiger partial charge in [0.15, 0.2) is 0 Å². The Morgan fingerprint density at radius 3 is 2.07 bits per heavy atom. The molecule has 14 heavy (non-hydrogen) atoms. The van der Waals surface area contributed by atoms with Crippen LogP contribution in [0.3, 0.4) is 0 Å². The van der Waals surface area contributed by atoms with Gasteiger partial charge in [-0.3, -0.25) is 4.79 Å². The largest absolute Gasteiger partial charge is 0.481 e. The molecule has 0 bridgehead atoms. The molecule has 0 aliphatic carbocycles. The van der Waals surface area contributed by atoms with Crippen LogP contribution in [-0.2, 0) is 9.53 Å². The summed E-state index contributed by atoms with van der Waals surface area (Å²) in [7, 11) is 0. The number of carboxylic acid groups (broad SMARTS) is 1. The standard InChI is InChI=1S/C6H7F5O3/c7-5(8,6(9,10)11)3-14-2-1-4(12)13/h1-3H2,(H,12,13). The van der Waals surface area contributed by atoms with E-state index < -0.39 is 37.7 Å². The highest BCUT2D eigenvalue weighted by Crippen LogP contribution is 2.35. The van der Waals surface area contributed by atoms with Gasteiger partial charge in [0.05, 0.1) is 13.0 Å². The van der Waals surface area contributed by atoms with Gasteiger partial charge in [0.2, 0.25) is 0 Å². The minimum absolute atomic E-state index is 0.617. The molecule has 0 rings (SSSR count). The average molecular weight is 222 g/mol. The summed E-state index contributed by atoms with van der Waals surface area (Å²) in [5.74, 6) is -6.27. The van der Waals surface area contributed by atoms with E-state index in [1.165, 1.54) is 0 Å². The van der Waals surface area contributed by atoms with Gasteiger partial charge in [0, 0.05) is 0 Å². The first-order valence-corrected chi connectivity index (χ1v) is 3.41. The van der Waals surface area contributed by atoms with Crippen LogP contribution in [0.2, 0.25) is 0 Å². The monoisotopic (exact) mass is 222 g/mol. The molecule has 0 aromatic carbocycles. The Balaban J connectivity index is 3.83. The first kappa shape index (κ1) is 13.1. The lowest BCUT2D eigenvalue weighted by Gasteiger charge is -2.18. The number of rotatable bonds is 5. The highest BCUT2D eigenvalue weighted by atomic mass is 19.4. The molecule has 84 valence electrons. The van der Waals surface area contributed by atoms with Crippen molar-refractivity contribution in [1.29, 1.82) is 0 Å². The van der Waals surface area contributed by atoms with E-state index in [-0.39, 0.29) is 0 Å². The molecule has 0 unspecified atom stereocenters. The van der Waals surface area contributed by atoms with Crippen molar-refractivity contribution >= 4 is 5.97 Å². The summed E-state index contributed by atoms with van der Waals surface area (Å²) in [6.07, 6.45) is -6.29. The van der Waals surface area contributed by atoms with Crippen LogP contribution < -0.4 is 0 Å². The maximum atomic E-state index is 12.1. The molecule has 0 heterocycles. The van der Waals surface area contributed by atoms with E-state index in [4.69, 9.17) is 5.11 Å². The third-order valence-electron chi connectivity index (χ3n) is 1.16. The van der Waals surface area contributed by atoms with E-state index in [1.807, 2.05) is 0 Å². The van der Waals surface area contributed by atoms with Crippen LogP contribution in [0.25, 0.3) is 0 Å². The van der Waals surface area contributed by atoms with Crippen LogP contribution in [0.5, 0.6) is 0 Å². The van der Waals surface area contributed by atoms with E-state index in [0.717, 1.165) is 0 Å². The molecular weight excluding hydrogens is 215 g/mol. The first-order valence-electron chi connectivity index (χ1n) is 3.41. The van der Waals surface area contributed by atoms with Gasteiger partial charge >= 0.3 is 18.1 Å². The molecule has 8 heteroatoms. The number of alkyl halides is 5. The van der Waals surface area contributed by atoms with Crippen molar-refractivity contribution in [2.24, 2.45) is 0 Å². The molecule has 0 aromatic heterocycles. The fraction of sp³-hybridized carbons (Fsp3) is 0.833. The number of carboxylic acids is 1. The fourth-order valence-corrected chi connectivity index (χ4v) is 0.442. The predicted molar refractivity (Wildman–Crippen MR) is 34.1 cm³/mol. The molecule has 0 aliphatic heterocycles. The quantitative estimate of drug-likeness (QED) is 0.568. The maximum absolute atomic E-state index is 12.1. The molecule has 0 radical (unpaired) electrons. The topological polar surface area (TPSA) is 46.5 Å². The molecule has 0 spiro atoms.